The average Bonchev–Trinajstić information content (AvgIpc) is 2.35. The van der Waals surface area contributed by atoms with Gasteiger partial charge in [-0.25, -0.2) is 0 Å². The molecule has 17 heavy (non-hydrogen) atoms. The molecule has 1 saturated heterocycles. The Kier molecular flexibility index (Phi) is 4.90. The number of benzene rings is 1. The molecule has 1 aliphatic heterocycles. The molecule has 1 atom stereocenters. The topological polar surface area (TPSA) is 55.5 Å². The number of phenols is 1. The van der Waals surface area contributed by atoms with E-state index in [4.69, 9.17) is 10.5 Å². The van der Waals surface area contributed by atoms with Crippen LogP contribution in [0.3, 0.4) is 0 Å². The fourth-order valence-corrected chi connectivity index (χ4v) is 3.94. The summed E-state index contributed by atoms with van der Waals surface area (Å²) in [4.78, 5) is 0. The summed E-state index contributed by atoms with van der Waals surface area (Å²) in [5.74, 6) is 0.842. The van der Waals surface area contributed by atoms with Crippen molar-refractivity contribution in [3.05, 3.63) is 24.8 Å². The highest BCUT2D eigenvalue weighted by Crippen LogP contribution is 2.33. The van der Waals surface area contributed by atoms with Crippen LogP contribution in [0.5, 0.6) is 5.75 Å². The number of aromatic hydroxyl groups is 1. The maximum atomic E-state index is 9.75. The van der Waals surface area contributed by atoms with Crippen molar-refractivity contribution in [1.29, 1.82) is 0 Å². The number of hydrogen-bond acceptors (Lipinski definition) is 3. The van der Waals surface area contributed by atoms with E-state index in [1.807, 2.05) is 12.1 Å². The van der Waals surface area contributed by atoms with Crippen molar-refractivity contribution >= 4 is 45.2 Å². The van der Waals surface area contributed by atoms with Crippen molar-refractivity contribution in [2.75, 3.05) is 13.2 Å². The quantitative estimate of drug-likeness (QED) is 0.670. The third-order valence-electron chi connectivity index (χ3n) is 3.20. The average molecular weight is 459 g/mol. The van der Waals surface area contributed by atoms with Crippen LogP contribution in [0.1, 0.15) is 24.4 Å². The van der Waals surface area contributed by atoms with Crippen molar-refractivity contribution in [2.24, 2.45) is 11.7 Å². The van der Waals surface area contributed by atoms with Gasteiger partial charge in [-0.05, 0) is 81.6 Å². The molecule has 0 bridgehead atoms. The molecule has 94 valence electrons. The van der Waals surface area contributed by atoms with E-state index in [0.717, 1.165) is 38.8 Å². The van der Waals surface area contributed by atoms with Crippen LogP contribution < -0.4 is 5.73 Å². The summed E-state index contributed by atoms with van der Waals surface area (Å²) < 4.78 is 7.09. The second-order valence-corrected chi connectivity index (χ2v) is 6.63. The number of nitrogens with two attached hydrogens (primary N) is 1. The molecule has 1 heterocycles. The van der Waals surface area contributed by atoms with Gasteiger partial charge in [0.05, 0.1) is 7.14 Å². The second-order valence-electron chi connectivity index (χ2n) is 4.31. The minimum atomic E-state index is 0.0431. The fourth-order valence-electron chi connectivity index (χ4n) is 2.12. The van der Waals surface area contributed by atoms with Crippen LogP contribution in [-0.2, 0) is 4.74 Å². The molecule has 0 aliphatic carbocycles. The van der Waals surface area contributed by atoms with E-state index in [1.165, 1.54) is 0 Å². The lowest BCUT2D eigenvalue weighted by molar-refractivity contribution is 0.0583. The monoisotopic (exact) mass is 459 g/mol. The number of phenolic OH excluding ortho intramolecular Hbond substituents is 1. The van der Waals surface area contributed by atoms with E-state index < -0.39 is 0 Å². The Labute approximate surface area is 128 Å². The van der Waals surface area contributed by atoms with E-state index in [2.05, 4.69) is 45.2 Å². The van der Waals surface area contributed by atoms with Gasteiger partial charge in [0.2, 0.25) is 0 Å². The Hall–Kier alpha value is 0.400. The predicted molar refractivity (Wildman–Crippen MR) is 84.0 cm³/mol. The van der Waals surface area contributed by atoms with E-state index in [-0.39, 0.29) is 6.04 Å². The van der Waals surface area contributed by atoms with Crippen LogP contribution in [0.4, 0.5) is 0 Å². The molecule has 1 fully saturated rings. The Morgan fingerprint density at radius 3 is 2.29 bits per heavy atom. The summed E-state index contributed by atoms with van der Waals surface area (Å²) in [7, 11) is 0. The first kappa shape index (κ1) is 13.8. The van der Waals surface area contributed by atoms with Gasteiger partial charge in [0.25, 0.3) is 0 Å². The number of ether oxygens (including phenoxy) is 1. The number of halogens is 2. The van der Waals surface area contributed by atoms with Gasteiger partial charge in [-0.2, -0.15) is 0 Å². The molecular weight excluding hydrogens is 444 g/mol. The SMILES string of the molecule is N[C@@H](c1cc(I)c(O)c(I)c1)C1CCOCC1. The second kappa shape index (κ2) is 6.03. The van der Waals surface area contributed by atoms with Crippen LogP contribution in [0, 0.1) is 13.1 Å². The van der Waals surface area contributed by atoms with Gasteiger partial charge in [-0.1, -0.05) is 0 Å². The molecule has 5 heteroatoms. The first-order valence-corrected chi connectivity index (χ1v) is 7.76. The highest BCUT2D eigenvalue weighted by Gasteiger charge is 2.23. The molecular formula is C12H15I2NO2. The lowest BCUT2D eigenvalue weighted by Gasteiger charge is -2.28. The van der Waals surface area contributed by atoms with Gasteiger partial charge >= 0.3 is 0 Å². The van der Waals surface area contributed by atoms with E-state index in [1.54, 1.807) is 0 Å². The van der Waals surface area contributed by atoms with E-state index in [9.17, 15) is 5.11 Å². The zero-order chi connectivity index (χ0) is 12.4. The van der Waals surface area contributed by atoms with Gasteiger partial charge in [-0.15, -0.1) is 0 Å². The molecule has 0 saturated carbocycles. The van der Waals surface area contributed by atoms with Gasteiger partial charge in [0, 0.05) is 19.3 Å². The van der Waals surface area contributed by atoms with Gasteiger partial charge < -0.3 is 15.6 Å². The van der Waals surface area contributed by atoms with Gasteiger partial charge in [0.15, 0.2) is 0 Å². The maximum absolute atomic E-state index is 9.75. The predicted octanol–water partition coefficient (Wildman–Crippen LogP) is 3.03. The highest BCUT2D eigenvalue weighted by atomic mass is 127. The maximum Gasteiger partial charge on any atom is 0.142 e. The summed E-state index contributed by atoms with van der Waals surface area (Å²) in [5.41, 5.74) is 7.43. The summed E-state index contributed by atoms with van der Waals surface area (Å²) in [6.07, 6.45) is 2.05. The molecule has 3 nitrogen and oxygen atoms in total. The van der Waals surface area contributed by atoms with Crippen molar-refractivity contribution in [2.45, 2.75) is 18.9 Å². The molecule has 1 aliphatic rings. The molecule has 3 N–H and O–H groups in total. The Bertz CT molecular complexity index is 382. The molecule has 1 aromatic rings. The van der Waals surface area contributed by atoms with Gasteiger partial charge in [-0.3, -0.25) is 0 Å². The smallest absolute Gasteiger partial charge is 0.142 e. The molecule has 0 aromatic heterocycles. The standard InChI is InChI=1S/C12H15I2NO2/c13-9-5-8(6-10(14)12(9)16)11(15)7-1-3-17-4-2-7/h5-7,11,16H,1-4,15H2/t11-/m1/s1. The van der Waals surface area contributed by atoms with Crippen molar-refractivity contribution in [3.63, 3.8) is 0 Å². The fraction of sp³-hybridized carbons (Fsp3) is 0.500. The number of rotatable bonds is 2. The third kappa shape index (κ3) is 3.24. The van der Waals surface area contributed by atoms with Crippen LogP contribution >= 0.6 is 45.2 Å². The Morgan fingerprint density at radius 1 is 1.24 bits per heavy atom. The normalized spacial score (nSPS) is 19.2. The summed E-state index contributed by atoms with van der Waals surface area (Å²) in [6, 6.07) is 4.01. The van der Waals surface area contributed by atoms with Crippen LogP contribution in [-0.4, -0.2) is 18.3 Å². The molecule has 1 aromatic carbocycles. The van der Waals surface area contributed by atoms with Crippen molar-refractivity contribution in [3.8, 4) is 5.75 Å². The van der Waals surface area contributed by atoms with Crippen LogP contribution in [0.25, 0.3) is 0 Å². The molecule has 0 radical (unpaired) electrons. The Balaban J connectivity index is 2.21. The Morgan fingerprint density at radius 2 is 1.76 bits per heavy atom. The minimum Gasteiger partial charge on any atom is -0.506 e. The van der Waals surface area contributed by atoms with Crippen molar-refractivity contribution in [1.82, 2.24) is 0 Å². The molecule has 2 rings (SSSR count). The summed E-state index contributed by atoms with van der Waals surface area (Å²) >= 11 is 4.29. The number of hydrogen-bond donors (Lipinski definition) is 2. The first-order valence-electron chi connectivity index (χ1n) is 5.61. The molecule has 0 amide bonds. The van der Waals surface area contributed by atoms with E-state index in [0.29, 0.717) is 11.7 Å². The third-order valence-corrected chi connectivity index (χ3v) is 4.84. The lowest BCUT2D eigenvalue weighted by Crippen LogP contribution is -2.27. The molecule has 0 spiro atoms. The largest absolute Gasteiger partial charge is 0.506 e. The van der Waals surface area contributed by atoms with Crippen LogP contribution in [0.15, 0.2) is 12.1 Å². The molecule has 0 unspecified atom stereocenters. The summed E-state index contributed by atoms with van der Waals surface area (Å²) in [5, 5.41) is 9.75. The van der Waals surface area contributed by atoms with Crippen LogP contribution in [0.2, 0.25) is 0 Å². The highest BCUT2D eigenvalue weighted by molar-refractivity contribution is 14.1. The first-order chi connectivity index (χ1) is 8.09. The summed E-state index contributed by atoms with van der Waals surface area (Å²) in [6.45, 7) is 1.62. The van der Waals surface area contributed by atoms with E-state index >= 15 is 0 Å². The zero-order valence-electron chi connectivity index (χ0n) is 9.33. The van der Waals surface area contributed by atoms with Crippen molar-refractivity contribution < 1.29 is 9.84 Å². The van der Waals surface area contributed by atoms with Gasteiger partial charge in [0.1, 0.15) is 5.75 Å². The lowest BCUT2D eigenvalue weighted by atomic mass is 9.88. The minimum absolute atomic E-state index is 0.0431. The zero-order valence-corrected chi connectivity index (χ0v) is 13.6.